The van der Waals surface area contributed by atoms with Crippen molar-refractivity contribution in [2.75, 3.05) is 19.8 Å². The van der Waals surface area contributed by atoms with Gasteiger partial charge in [-0.1, -0.05) is 0 Å². The van der Waals surface area contributed by atoms with E-state index in [4.69, 9.17) is 52.1 Å². The summed E-state index contributed by atoms with van der Waals surface area (Å²) in [6.07, 6.45) is -53.1. The first-order chi connectivity index (χ1) is 36.6. The number of aliphatic hydroxyl groups excluding tert-OH is 13. The minimum Gasteiger partial charge on any atom is -0.479 e. The smallest absolute Gasteiger partial charge is 0.371 e. The number of carboxylic acids is 3. The molecule has 19 N–H and O–H groups in total. The van der Waals surface area contributed by atoms with Gasteiger partial charge in [0.25, 0.3) is 0 Å². The summed E-state index contributed by atoms with van der Waals surface area (Å²) in [6.45, 7) is -0.330. The highest BCUT2D eigenvalue weighted by Gasteiger charge is 2.59. The minimum absolute atomic E-state index is 0.617. The zero-order valence-electron chi connectivity index (χ0n) is 41.0. The van der Waals surface area contributed by atoms with Gasteiger partial charge in [0.05, 0.1) is 19.8 Å². The summed E-state index contributed by atoms with van der Waals surface area (Å²) in [5, 5.41) is 178. The molecule has 0 aliphatic carbocycles. The Labute approximate surface area is 438 Å². The van der Waals surface area contributed by atoms with Crippen LogP contribution in [0.5, 0.6) is 0 Å². The normalized spacial score (nSPS) is 44.9. The van der Waals surface area contributed by atoms with Gasteiger partial charge in [0.15, 0.2) is 43.7 Å². The first kappa shape index (κ1) is 62.6. The topological polar surface area (TPSA) is 564 Å². The molecule has 5 fully saturated rings. The Morgan fingerprint density at radius 1 is 0.436 bits per heavy atom. The highest BCUT2D eigenvalue weighted by atomic mass is 16.8. The van der Waals surface area contributed by atoms with E-state index in [0.717, 1.165) is 20.8 Å². The lowest BCUT2D eigenvalue weighted by Gasteiger charge is -2.50. The molecule has 3 amide bonds. The third-order valence-corrected chi connectivity index (χ3v) is 13.1. The Hall–Kier alpha value is -4.56. The van der Waals surface area contributed by atoms with Gasteiger partial charge in [-0.2, -0.15) is 0 Å². The van der Waals surface area contributed by atoms with Crippen LogP contribution < -0.4 is 16.0 Å². The van der Waals surface area contributed by atoms with Crippen molar-refractivity contribution < 1.29 is 163 Å². The second kappa shape index (κ2) is 26.4. The number of nitrogens with one attached hydrogen (secondary N) is 3. The fraction of sp³-hybridized carbons (Fsp3) is 0.810. The van der Waals surface area contributed by atoms with Crippen LogP contribution in [0.2, 0.25) is 0 Å². The molecule has 444 valence electrons. The summed E-state index contributed by atoms with van der Waals surface area (Å²) in [7, 11) is 0. The van der Waals surface area contributed by atoms with Gasteiger partial charge in [-0.3, -0.25) is 14.4 Å². The van der Waals surface area contributed by atoms with Crippen LogP contribution in [0, 0.1) is 0 Å². The molecular formula is C42H63N3O33. The van der Waals surface area contributed by atoms with Crippen LogP contribution in [0.1, 0.15) is 20.8 Å². The predicted molar refractivity (Wildman–Crippen MR) is 234 cm³/mol. The largest absolute Gasteiger partial charge is 0.479 e. The number of ether oxygens (including phenoxy) is 11. The van der Waals surface area contributed by atoms with Crippen LogP contribution in [-0.2, 0) is 80.9 Å². The predicted octanol–water partition coefficient (Wildman–Crippen LogP) is -12.2. The third kappa shape index (κ3) is 13.6. The lowest BCUT2D eigenvalue weighted by molar-refractivity contribution is -0.375. The average Bonchev–Trinajstić information content (AvgIpc) is 3.41. The Morgan fingerprint density at radius 3 is 1.14 bits per heavy atom. The first-order valence-corrected chi connectivity index (χ1v) is 23.7. The highest BCUT2D eigenvalue weighted by Crippen LogP contribution is 2.37. The molecule has 5 saturated heterocycles. The molecule has 28 atom stereocenters. The minimum atomic E-state index is -2.50. The van der Waals surface area contributed by atoms with Gasteiger partial charge in [0.1, 0.15) is 122 Å². The number of aliphatic hydroxyl groups is 13. The lowest BCUT2D eigenvalue weighted by atomic mass is 9.93. The maximum atomic E-state index is 12.9. The van der Waals surface area contributed by atoms with Gasteiger partial charge in [-0.05, 0) is 6.08 Å². The molecule has 36 nitrogen and oxygen atoms in total. The second-order valence-corrected chi connectivity index (χ2v) is 18.6. The molecule has 0 saturated carbocycles. The summed E-state index contributed by atoms with van der Waals surface area (Å²) in [5.74, 6) is -9.33. The molecule has 0 aromatic carbocycles. The molecule has 78 heavy (non-hydrogen) atoms. The lowest BCUT2D eigenvalue weighted by Crippen LogP contribution is -2.71. The number of rotatable bonds is 19. The summed E-state index contributed by atoms with van der Waals surface area (Å²) in [4.78, 5) is 74.6. The molecular weight excluding hydrogens is 1070 g/mol. The van der Waals surface area contributed by atoms with E-state index in [1.807, 2.05) is 0 Å². The fourth-order valence-corrected chi connectivity index (χ4v) is 9.36. The summed E-state index contributed by atoms with van der Waals surface area (Å²) >= 11 is 0. The van der Waals surface area contributed by atoms with Gasteiger partial charge < -0.3 is 150 Å². The number of amides is 3. The van der Waals surface area contributed by atoms with E-state index < -0.39 is 233 Å². The van der Waals surface area contributed by atoms with Crippen LogP contribution in [0.25, 0.3) is 0 Å². The standard InChI is InChI=1S/C42H63N3O33/c1-8(49)43-16-27(20(54)13(5-46)68-37(16)67)72-41-25(59)23(57)30(32(77-41)35(63)64)76-39-18(45-10(3)51)29(22(56)15(7-48)71-39)74-42-26(60)24(58)31(33(78-42)36(65)66)75-38-17(44-9(2)50)28(21(55)14(6-47)70-38)73-40-19(53)11(52)4-12(69-40)34(61)62/h4,11,13-33,37-42,46-48,52-60,67H,5-7H2,1-3H3,(H,43,49)(H,44,50)(H,45,51)(H,61,62)(H,63,64)(H,65,66)/t11-,13+,14+,15+,16+,17+,18+,19+,20+,21+,22+,23+,24+,25+,26+,27+,28+,29+,30-,31-,32-,33-,37+,38-,39-,40-,41+,42+/m0/s1. The van der Waals surface area contributed by atoms with E-state index in [-0.39, 0.29) is 0 Å². The Morgan fingerprint density at radius 2 is 0.782 bits per heavy atom. The van der Waals surface area contributed by atoms with Gasteiger partial charge in [0.2, 0.25) is 29.8 Å². The van der Waals surface area contributed by atoms with Gasteiger partial charge >= 0.3 is 17.9 Å². The maximum absolute atomic E-state index is 12.9. The summed E-state index contributed by atoms with van der Waals surface area (Å²) < 4.78 is 61.2. The molecule has 0 aromatic rings. The molecule has 0 aromatic heterocycles. The maximum Gasteiger partial charge on any atom is 0.371 e. The van der Waals surface area contributed by atoms with Crippen LogP contribution in [0.15, 0.2) is 11.8 Å². The van der Waals surface area contributed by atoms with Crippen molar-refractivity contribution in [3.63, 3.8) is 0 Å². The number of carbonyl (C=O) groups is 6. The van der Waals surface area contributed by atoms with Crippen molar-refractivity contribution in [1.82, 2.24) is 16.0 Å². The molecule has 6 heterocycles. The Bertz CT molecular complexity index is 2140. The molecule has 6 aliphatic rings. The number of hydrogen-bond acceptors (Lipinski definition) is 30. The number of carboxylic acid groups (broad SMARTS) is 3. The highest BCUT2D eigenvalue weighted by molar-refractivity contribution is 5.84. The molecule has 0 radical (unpaired) electrons. The van der Waals surface area contributed by atoms with Gasteiger partial charge in [-0.25, -0.2) is 14.4 Å². The Kier molecular flexibility index (Phi) is 21.2. The van der Waals surface area contributed by atoms with Crippen molar-refractivity contribution in [1.29, 1.82) is 0 Å². The van der Waals surface area contributed by atoms with Crippen molar-refractivity contribution in [3.8, 4) is 0 Å². The summed E-state index contributed by atoms with van der Waals surface area (Å²) in [6, 6.07) is -5.53. The number of aliphatic carboxylic acids is 3. The van der Waals surface area contributed by atoms with Crippen molar-refractivity contribution in [2.24, 2.45) is 0 Å². The monoisotopic (exact) mass is 1140 g/mol. The first-order valence-electron chi connectivity index (χ1n) is 23.7. The van der Waals surface area contributed by atoms with Crippen LogP contribution in [0.4, 0.5) is 0 Å². The quantitative estimate of drug-likeness (QED) is 0.0571. The Balaban J connectivity index is 1.25. The van der Waals surface area contributed by atoms with Crippen molar-refractivity contribution in [3.05, 3.63) is 11.8 Å². The molecule has 0 unspecified atom stereocenters. The SMILES string of the molecule is CC(=O)N[C@@H]1[C@@H](O[C@@H]2O[C@H](C(=O)O)[C@@H](O[C@@H]3O[C@H](CO)[C@@H](O)[C@H](O[C@@H]4O[C@H](C(=O)O)[C@@H](O[C@@H]5O[C@H](CO)[C@@H](O)[C@H](O[C@@H]6OC(C(=O)O)=C[C@H](O)[C@H]6O)[C@H]5NC(C)=O)[C@H](O)[C@H]4O)[C@H]3NC(C)=O)[C@H](O)[C@H]2O)[C@H](O)[C@@H](CO)O[C@H]1O. The van der Waals surface area contributed by atoms with Gasteiger partial charge in [-0.15, -0.1) is 0 Å². The molecule has 0 spiro atoms. The summed E-state index contributed by atoms with van der Waals surface area (Å²) in [5.41, 5.74) is 0. The van der Waals surface area contributed by atoms with E-state index in [2.05, 4.69) is 16.0 Å². The third-order valence-electron chi connectivity index (χ3n) is 13.1. The zero-order chi connectivity index (χ0) is 57.9. The number of hydrogen-bond donors (Lipinski definition) is 19. The van der Waals surface area contributed by atoms with E-state index >= 15 is 0 Å². The van der Waals surface area contributed by atoms with Crippen LogP contribution in [-0.4, -0.2) is 309 Å². The van der Waals surface area contributed by atoms with Crippen molar-refractivity contribution in [2.45, 2.75) is 193 Å². The molecule has 36 heteroatoms. The van der Waals surface area contributed by atoms with E-state index in [1.54, 1.807) is 0 Å². The molecule has 6 aliphatic heterocycles. The average molecular weight is 1140 g/mol. The van der Waals surface area contributed by atoms with E-state index in [0.29, 0.717) is 6.08 Å². The fourth-order valence-electron chi connectivity index (χ4n) is 9.36. The number of carbonyl (C=O) groups excluding carboxylic acids is 3. The van der Waals surface area contributed by atoms with Crippen LogP contribution in [0.3, 0.4) is 0 Å². The van der Waals surface area contributed by atoms with E-state index in [1.165, 1.54) is 0 Å². The van der Waals surface area contributed by atoms with Crippen molar-refractivity contribution >= 4 is 35.6 Å². The second-order valence-electron chi connectivity index (χ2n) is 18.6. The molecule has 6 rings (SSSR count). The van der Waals surface area contributed by atoms with E-state index in [9.17, 15) is 110 Å². The zero-order valence-corrected chi connectivity index (χ0v) is 41.0. The van der Waals surface area contributed by atoms with Crippen LogP contribution >= 0.6 is 0 Å². The van der Waals surface area contributed by atoms with Gasteiger partial charge in [0, 0.05) is 20.8 Å². The molecule has 0 bridgehead atoms.